The number of H-pyrrole nitrogens is 1. The molecule has 1 aromatic heterocycles. The summed E-state index contributed by atoms with van der Waals surface area (Å²) in [5.41, 5.74) is 2.47. The zero-order valence-corrected chi connectivity index (χ0v) is 19.8. The molecule has 1 amide bonds. The van der Waals surface area contributed by atoms with Crippen molar-refractivity contribution in [1.82, 2.24) is 14.8 Å². The van der Waals surface area contributed by atoms with E-state index in [4.69, 9.17) is 18.9 Å². The minimum atomic E-state index is -0.549. The normalized spacial score (nSPS) is 15.8. The van der Waals surface area contributed by atoms with E-state index in [1.54, 1.807) is 19.2 Å². The smallest absolute Gasteiger partial charge is 0.356 e. The molecule has 3 heterocycles. The van der Waals surface area contributed by atoms with E-state index in [0.717, 1.165) is 44.2 Å². The third-order valence-corrected chi connectivity index (χ3v) is 6.33. The first-order valence-corrected chi connectivity index (χ1v) is 11.4. The molecule has 2 N–H and O–H groups in total. The Morgan fingerprint density at radius 2 is 1.77 bits per heavy atom. The van der Waals surface area contributed by atoms with Crippen LogP contribution in [0.5, 0.6) is 17.2 Å². The summed E-state index contributed by atoms with van der Waals surface area (Å²) in [6.07, 6.45) is 0. The number of amides is 1. The monoisotopic (exact) mass is 480 g/mol. The lowest BCUT2D eigenvalue weighted by Gasteiger charge is -2.34. The van der Waals surface area contributed by atoms with Gasteiger partial charge < -0.3 is 29.2 Å². The van der Waals surface area contributed by atoms with Crippen molar-refractivity contribution in [3.63, 3.8) is 0 Å². The summed E-state index contributed by atoms with van der Waals surface area (Å²) in [7, 11) is 2.88. The fourth-order valence-electron chi connectivity index (χ4n) is 4.47. The van der Waals surface area contributed by atoms with Crippen LogP contribution in [-0.2, 0) is 16.1 Å². The predicted molar refractivity (Wildman–Crippen MR) is 129 cm³/mol. The molecule has 0 unspecified atom stereocenters. The quantitative estimate of drug-likeness (QED) is 0.497. The molecule has 2 aliphatic rings. The molecule has 5 rings (SSSR count). The lowest BCUT2D eigenvalue weighted by atomic mass is 10.1. The van der Waals surface area contributed by atoms with Crippen molar-refractivity contribution in [3.05, 3.63) is 47.7 Å². The summed E-state index contributed by atoms with van der Waals surface area (Å²) in [6.45, 7) is 4.57. The van der Waals surface area contributed by atoms with E-state index < -0.39 is 5.97 Å². The molecule has 184 valence electrons. The number of aromatic nitrogens is 1. The summed E-state index contributed by atoms with van der Waals surface area (Å²) >= 11 is 0. The molecule has 1 fully saturated rings. The molecule has 0 saturated carbocycles. The maximum atomic E-state index is 12.9. The topological polar surface area (TPSA) is 105 Å². The third-order valence-electron chi connectivity index (χ3n) is 6.33. The maximum absolute atomic E-state index is 12.9. The molecule has 3 aromatic rings. The highest BCUT2D eigenvalue weighted by molar-refractivity contribution is 6.11. The van der Waals surface area contributed by atoms with E-state index in [2.05, 4.69) is 26.2 Å². The molecule has 10 heteroatoms. The van der Waals surface area contributed by atoms with Gasteiger partial charge in [-0.2, -0.15) is 0 Å². The number of nitrogens with one attached hydrogen (secondary N) is 2. The molecule has 0 aliphatic carbocycles. The van der Waals surface area contributed by atoms with Crippen molar-refractivity contribution in [2.45, 2.75) is 6.54 Å². The van der Waals surface area contributed by atoms with Crippen LogP contribution >= 0.6 is 0 Å². The van der Waals surface area contributed by atoms with Gasteiger partial charge in [0.2, 0.25) is 12.7 Å². The number of methoxy groups -OCH3 is 2. The van der Waals surface area contributed by atoms with E-state index >= 15 is 0 Å². The van der Waals surface area contributed by atoms with Crippen LogP contribution in [0.4, 0.5) is 5.69 Å². The lowest BCUT2D eigenvalue weighted by Crippen LogP contribution is -2.48. The number of esters is 1. The highest BCUT2D eigenvalue weighted by Gasteiger charge is 2.24. The third kappa shape index (κ3) is 4.89. The number of benzene rings is 2. The fourth-order valence-corrected chi connectivity index (χ4v) is 4.47. The first-order chi connectivity index (χ1) is 17.0. The number of aromatic amines is 1. The van der Waals surface area contributed by atoms with Crippen LogP contribution in [0.25, 0.3) is 10.9 Å². The van der Waals surface area contributed by atoms with Gasteiger partial charge in [0.05, 0.1) is 32.0 Å². The van der Waals surface area contributed by atoms with Crippen molar-refractivity contribution < 1.29 is 28.5 Å². The Balaban J connectivity index is 1.19. The van der Waals surface area contributed by atoms with Gasteiger partial charge in [0.15, 0.2) is 11.5 Å². The molecule has 0 bridgehead atoms. The van der Waals surface area contributed by atoms with Crippen LogP contribution < -0.4 is 19.5 Å². The summed E-state index contributed by atoms with van der Waals surface area (Å²) in [5.74, 6) is 1.49. The van der Waals surface area contributed by atoms with Gasteiger partial charge in [0, 0.05) is 44.2 Å². The van der Waals surface area contributed by atoms with E-state index in [1.807, 2.05) is 18.2 Å². The fraction of sp³-hybridized carbons (Fsp3) is 0.360. The molecular weight excluding hydrogens is 452 g/mol. The number of carbonyl (C=O) groups excluding carboxylic acids is 2. The van der Waals surface area contributed by atoms with E-state index in [-0.39, 0.29) is 24.9 Å². The number of piperazine rings is 1. The number of carbonyl (C=O) groups is 2. The van der Waals surface area contributed by atoms with Crippen LogP contribution in [0.15, 0.2) is 36.4 Å². The van der Waals surface area contributed by atoms with Crippen LogP contribution in [0.2, 0.25) is 0 Å². The van der Waals surface area contributed by atoms with Gasteiger partial charge in [-0.15, -0.1) is 0 Å². The standard InChI is InChI=1S/C25H28N4O6/c1-32-17-4-5-18-19(12-17)26-24(25(31)33-2)23(18)27-22(30)14-29-9-7-28(8-10-29)13-16-3-6-20-21(11-16)35-15-34-20/h3-6,11-12,26H,7-10,13-15H2,1-2H3,(H,27,30). The van der Waals surface area contributed by atoms with E-state index in [0.29, 0.717) is 22.3 Å². The Morgan fingerprint density at radius 1 is 1.00 bits per heavy atom. The first-order valence-electron chi connectivity index (χ1n) is 11.4. The second-order valence-corrected chi connectivity index (χ2v) is 8.57. The molecule has 2 aliphatic heterocycles. The Kier molecular flexibility index (Phi) is 6.47. The Bertz CT molecular complexity index is 1250. The molecule has 1 saturated heterocycles. The Hall–Kier alpha value is -3.76. The number of anilines is 1. The molecule has 35 heavy (non-hydrogen) atoms. The minimum absolute atomic E-state index is 0.184. The molecular formula is C25H28N4O6. The van der Waals surface area contributed by atoms with Crippen molar-refractivity contribution in [1.29, 1.82) is 0 Å². The highest BCUT2D eigenvalue weighted by Crippen LogP contribution is 2.33. The second-order valence-electron chi connectivity index (χ2n) is 8.57. The van der Waals surface area contributed by atoms with Crippen molar-refractivity contribution in [2.24, 2.45) is 0 Å². The van der Waals surface area contributed by atoms with Gasteiger partial charge in [-0.05, 0) is 29.8 Å². The molecule has 0 radical (unpaired) electrons. The Morgan fingerprint density at radius 3 is 2.54 bits per heavy atom. The second kappa shape index (κ2) is 9.85. The summed E-state index contributed by atoms with van der Waals surface area (Å²) in [4.78, 5) is 32.7. The van der Waals surface area contributed by atoms with E-state index in [1.165, 1.54) is 12.7 Å². The number of fused-ring (bicyclic) bond motifs is 2. The number of rotatable bonds is 7. The highest BCUT2D eigenvalue weighted by atomic mass is 16.7. The van der Waals surface area contributed by atoms with Gasteiger partial charge in [0.25, 0.3) is 0 Å². The zero-order chi connectivity index (χ0) is 24.4. The van der Waals surface area contributed by atoms with Gasteiger partial charge in [0.1, 0.15) is 11.4 Å². The molecule has 2 aromatic carbocycles. The van der Waals surface area contributed by atoms with Crippen LogP contribution in [0, 0.1) is 0 Å². The van der Waals surface area contributed by atoms with Crippen LogP contribution in [0.3, 0.4) is 0 Å². The van der Waals surface area contributed by atoms with Crippen molar-refractivity contribution in [3.8, 4) is 17.2 Å². The number of nitrogens with zero attached hydrogens (tertiary/aromatic N) is 2. The average molecular weight is 481 g/mol. The van der Waals surface area contributed by atoms with Crippen molar-refractivity contribution >= 4 is 28.5 Å². The molecule has 10 nitrogen and oxygen atoms in total. The summed E-state index contributed by atoms with van der Waals surface area (Å²) in [5, 5.41) is 3.63. The lowest BCUT2D eigenvalue weighted by molar-refractivity contribution is -0.117. The number of ether oxygens (including phenoxy) is 4. The van der Waals surface area contributed by atoms with Crippen molar-refractivity contribution in [2.75, 3.05) is 59.1 Å². The van der Waals surface area contributed by atoms with Gasteiger partial charge in [-0.1, -0.05) is 6.07 Å². The zero-order valence-electron chi connectivity index (χ0n) is 19.8. The maximum Gasteiger partial charge on any atom is 0.356 e. The van der Waals surface area contributed by atoms with Crippen LogP contribution in [0.1, 0.15) is 16.1 Å². The van der Waals surface area contributed by atoms with Gasteiger partial charge in [-0.25, -0.2) is 4.79 Å². The number of hydrogen-bond acceptors (Lipinski definition) is 8. The average Bonchev–Trinajstić information content (AvgIpc) is 3.48. The van der Waals surface area contributed by atoms with Gasteiger partial charge >= 0.3 is 5.97 Å². The van der Waals surface area contributed by atoms with Gasteiger partial charge in [-0.3, -0.25) is 14.6 Å². The minimum Gasteiger partial charge on any atom is -0.497 e. The summed E-state index contributed by atoms with van der Waals surface area (Å²) < 4.78 is 21.0. The first kappa shape index (κ1) is 23.0. The SMILES string of the molecule is COC(=O)c1[nH]c2cc(OC)ccc2c1NC(=O)CN1CCN(Cc2ccc3c(c2)OCO3)CC1. The largest absolute Gasteiger partial charge is 0.497 e. The molecule has 0 spiro atoms. The Labute approximate surface area is 202 Å². The predicted octanol–water partition coefficient (Wildman–Crippen LogP) is 2.45. The number of hydrogen-bond donors (Lipinski definition) is 2. The van der Waals surface area contributed by atoms with E-state index in [9.17, 15) is 9.59 Å². The molecule has 0 atom stereocenters. The van der Waals surface area contributed by atoms with Crippen LogP contribution in [-0.4, -0.2) is 80.4 Å². The summed E-state index contributed by atoms with van der Waals surface area (Å²) in [6, 6.07) is 11.4.